The Morgan fingerprint density at radius 2 is 1.95 bits per heavy atom. The molecule has 1 heterocycles. The predicted octanol–water partition coefficient (Wildman–Crippen LogP) is 2.66. The maximum absolute atomic E-state index is 12.2. The van der Waals surface area contributed by atoms with Crippen molar-refractivity contribution in [3.05, 3.63) is 59.0 Å². The molecule has 1 unspecified atom stereocenters. The lowest BCUT2D eigenvalue weighted by Crippen LogP contribution is -2.35. The number of hydrogen-bond acceptors (Lipinski definition) is 4. The molecule has 5 nitrogen and oxygen atoms in total. The molecule has 0 saturated carbocycles. The van der Waals surface area contributed by atoms with Gasteiger partial charge in [-0.2, -0.15) is 0 Å². The molecule has 2 aromatic rings. The van der Waals surface area contributed by atoms with Crippen LogP contribution in [0.1, 0.15) is 17.4 Å². The van der Waals surface area contributed by atoms with Gasteiger partial charge in [0.15, 0.2) is 0 Å². The number of nitrogens with zero attached hydrogens (tertiary/aromatic N) is 1. The van der Waals surface area contributed by atoms with Crippen LogP contribution in [-0.4, -0.2) is 34.0 Å². The third-order valence-corrected chi connectivity index (χ3v) is 4.96. The first kappa shape index (κ1) is 17.0. The van der Waals surface area contributed by atoms with E-state index in [4.69, 9.17) is 16.0 Å². The lowest BCUT2D eigenvalue weighted by Gasteiger charge is -2.22. The average Bonchev–Trinajstić information content (AvgIpc) is 2.95. The topological polar surface area (TPSA) is 62.6 Å². The SMILES string of the molecule is CN(C)C(CNS(=O)(=O)Cc1ccccc1Cl)c1ccco1. The third kappa shape index (κ3) is 4.58. The van der Waals surface area contributed by atoms with Crippen LogP contribution in [0, 0.1) is 0 Å². The Bertz CT molecular complexity index is 699. The summed E-state index contributed by atoms with van der Waals surface area (Å²) < 4.78 is 32.4. The van der Waals surface area contributed by atoms with Crippen LogP contribution in [0.2, 0.25) is 5.02 Å². The molecule has 0 saturated heterocycles. The van der Waals surface area contributed by atoms with E-state index in [1.165, 1.54) is 0 Å². The lowest BCUT2D eigenvalue weighted by atomic mass is 10.2. The fourth-order valence-electron chi connectivity index (χ4n) is 2.10. The monoisotopic (exact) mass is 342 g/mol. The van der Waals surface area contributed by atoms with Gasteiger partial charge in [0.2, 0.25) is 10.0 Å². The predicted molar refractivity (Wildman–Crippen MR) is 87.2 cm³/mol. The molecule has 0 aliphatic carbocycles. The number of hydrogen-bond donors (Lipinski definition) is 1. The molecular formula is C15H19ClN2O3S. The number of benzene rings is 1. The zero-order chi connectivity index (χ0) is 16.2. The number of rotatable bonds is 7. The van der Waals surface area contributed by atoms with Crippen molar-refractivity contribution < 1.29 is 12.8 Å². The van der Waals surface area contributed by atoms with Gasteiger partial charge < -0.3 is 4.42 Å². The van der Waals surface area contributed by atoms with E-state index in [1.54, 1.807) is 36.6 Å². The Balaban J connectivity index is 2.04. The molecule has 0 spiro atoms. The van der Waals surface area contributed by atoms with Gasteiger partial charge in [-0.05, 0) is 37.9 Å². The second-order valence-corrected chi connectivity index (χ2v) is 7.41. The van der Waals surface area contributed by atoms with Crippen molar-refractivity contribution in [2.75, 3.05) is 20.6 Å². The molecular weight excluding hydrogens is 324 g/mol. The van der Waals surface area contributed by atoms with Crippen LogP contribution in [0.5, 0.6) is 0 Å². The Morgan fingerprint density at radius 1 is 1.23 bits per heavy atom. The summed E-state index contributed by atoms with van der Waals surface area (Å²) in [5.74, 6) is 0.566. The molecule has 0 fully saturated rings. The van der Waals surface area contributed by atoms with Crippen LogP contribution in [0.15, 0.2) is 47.1 Å². The summed E-state index contributed by atoms with van der Waals surface area (Å²) in [5, 5.41) is 0.447. The van der Waals surface area contributed by atoms with E-state index in [-0.39, 0.29) is 18.3 Å². The minimum Gasteiger partial charge on any atom is -0.468 e. The van der Waals surface area contributed by atoms with Gasteiger partial charge in [0.1, 0.15) is 5.76 Å². The van der Waals surface area contributed by atoms with Gasteiger partial charge in [-0.25, -0.2) is 13.1 Å². The van der Waals surface area contributed by atoms with E-state index >= 15 is 0 Å². The minimum atomic E-state index is -3.48. The molecule has 1 N–H and O–H groups in total. The Hall–Kier alpha value is -1.34. The Labute approximate surface area is 135 Å². The van der Waals surface area contributed by atoms with Crippen LogP contribution in [-0.2, 0) is 15.8 Å². The first-order valence-corrected chi connectivity index (χ1v) is 8.82. The summed E-state index contributed by atoms with van der Waals surface area (Å²) >= 11 is 6.01. The van der Waals surface area contributed by atoms with E-state index < -0.39 is 10.0 Å². The summed E-state index contributed by atoms with van der Waals surface area (Å²) in [5.41, 5.74) is 0.580. The first-order valence-electron chi connectivity index (χ1n) is 6.79. The maximum atomic E-state index is 12.2. The van der Waals surface area contributed by atoms with Crippen LogP contribution in [0.4, 0.5) is 0 Å². The van der Waals surface area contributed by atoms with Gasteiger partial charge in [0.05, 0.1) is 18.1 Å². The van der Waals surface area contributed by atoms with E-state index in [1.807, 2.05) is 25.1 Å². The minimum absolute atomic E-state index is 0.148. The van der Waals surface area contributed by atoms with Gasteiger partial charge in [0.25, 0.3) is 0 Å². The summed E-state index contributed by atoms with van der Waals surface area (Å²) in [6.07, 6.45) is 1.57. The summed E-state index contributed by atoms with van der Waals surface area (Å²) in [6.45, 7) is 0.229. The molecule has 1 atom stereocenters. The highest BCUT2D eigenvalue weighted by Crippen LogP contribution is 2.20. The molecule has 0 bridgehead atoms. The fourth-order valence-corrected chi connectivity index (χ4v) is 3.55. The Morgan fingerprint density at radius 3 is 2.55 bits per heavy atom. The molecule has 0 aliphatic heterocycles. The molecule has 0 amide bonds. The second kappa shape index (κ2) is 7.28. The van der Waals surface area contributed by atoms with Crippen LogP contribution >= 0.6 is 11.6 Å². The van der Waals surface area contributed by atoms with Gasteiger partial charge >= 0.3 is 0 Å². The quantitative estimate of drug-likeness (QED) is 0.840. The maximum Gasteiger partial charge on any atom is 0.215 e. The van der Waals surface area contributed by atoms with Gasteiger partial charge in [0, 0.05) is 11.6 Å². The zero-order valence-electron chi connectivity index (χ0n) is 12.5. The molecule has 0 aliphatic rings. The van der Waals surface area contributed by atoms with Crippen molar-refractivity contribution in [3.63, 3.8) is 0 Å². The van der Waals surface area contributed by atoms with Gasteiger partial charge in [-0.15, -0.1) is 0 Å². The largest absolute Gasteiger partial charge is 0.468 e. The molecule has 0 radical (unpaired) electrons. The van der Waals surface area contributed by atoms with Crippen molar-refractivity contribution in [2.24, 2.45) is 0 Å². The molecule has 2 rings (SSSR count). The summed E-state index contributed by atoms with van der Waals surface area (Å²) in [7, 11) is 0.262. The average molecular weight is 343 g/mol. The van der Waals surface area contributed by atoms with E-state index in [2.05, 4.69) is 4.72 Å². The number of likely N-dealkylation sites (N-methyl/N-ethyl adjacent to an activating group) is 1. The first-order chi connectivity index (χ1) is 10.4. The third-order valence-electron chi connectivity index (χ3n) is 3.29. The van der Waals surface area contributed by atoms with Crippen molar-refractivity contribution in [1.82, 2.24) is 9.62 Å². The van der Waals surface area contributed by atoms with E-state index in [0.717, 1.165) is 0 Å². The summed E-state index contributed by atoms with van der Waals surface area (Å²) in [6, 6.07) is 10.4. The highest BCUT2D eigenvalue weighted by Gasteiger charge is 2.21. The molecule has 120 valence electrons. The van der Waals surface area contributed by atoms with Crippen LogP contribution in [0.3, 0.4) is 0 Å². The molecule has 1 aromatic carbocycles. The number of furan rings is 1. The summed E-state index contributed by atoms with van der Waals surface area (Å²) in [4.78, 5) is 1.90. The highest BCUT2D eigenvalue weighted by atomic mass is 35.5. The fraction of sp³-hybridized carbons (Fsp3) is 0.333. The standard InChI is InChI=1S/C15H19ClN2O3S/c1-18(2)14(15-8-5-9-21-15)10-17-22(19,20)11-12-6-3-4-7-13(12)16/h3-9,14,17H,10-11H2,1-2H3. The second-order valence-electron chi connectivity index (χ2n) is 5.19. The number of sulfonamides is 1. The number of nitrogens with one attached hydrogen (secondary N) is 1. The van der Waals surface area contributed by atoms with Crippen LogP contribution in [0.25, 0.3) is 0 Å². The van der Waals surface area contributed by atoms with E-state index in [9.17, 15) is 8.42 Å². The molecule has 1 aromatic heterocycles. The normalized spacial score (nSPS) is 13.5. The molecule has 7 heteroatoms. The van der Waals surface area contributed by atoms with Crippen LogP contribution < -0.4 is 4.72 Å². The van der Waals surface area contributed by atoms with Gasteiger partial charge in [-0.3, -0.25) is 4.90 Å². The van der Waals surface area contributed by atoms with Crippen molar-refractivity contribution in [3.8, 4) is 0 Å². The van der Waals surface area contributed by atoms with E-state index in [0.29, 0.717) is 16.3 Å². The number of halogens is 1. The zero-order valence-corrected chi connectivity index (χ0v) is 14.1. The van der Waals surface area contributed by atoms with Crippen molar-refractivity contribution in [1.29, 1.82) is 0 Å². The smallest absolute Gasteiger partial charge is 0.215 e. The highest BCUT2D eigenvalue weighted by molar-refractivity contribution is 7.88. The molecule has 22 heavy (non-hydrogen) atoms. The van der Waals surface area contributed by atoms with Crippen molar-refractivity contribution >= 4 is 21.6 Å². The Kier molecular flexibility index (Phi) is 5.63. The van der Waals surface area contributed by atoms with Crippen molar-refractivity contribution in [2.45, 2.75) is 11.8 Å². The lowest BCUT2D eigenvalue weighted by molar-refractivity contribution is 0.259. The van der Waals surface area contributed by atoms with Gasteiger partial charge in [-0.1, -0.05) is 29.8 Å².